The molecule has 3 rings (SSSR count). The highest BCUT2D eigenvalue weighted by molar-refractivity contribution is 7.98. The lowest BCUT2D eigenvalue weighted by molar-refractivity contribution is 0.415. The van der Waals surface area contributed by atoms with E-state index in [1.54, 1.807) is 48.0 Å². The first kappa shape index (κ1) is 14.7. The van der Waals surface area contributed by atoms with Crippen LogP contribution in [0.4, 0.5) is 0 Å². The predicted octanol–water partition coefficient (Wildman–Crippen LogP) is 3.46. The summed E-state index contributed by atoms with van der Waals surface area (Å²) in [5.41, 5.74) is 1.84. The van der Waals surface area contributed by atoms with Crippen molar-refractivity contribution in [1.82, 2.24) is 9.55 Å². The Balaban J connectivity index is 1.86. The Labute approximate surface area is 132 Å². The Kier molecular flexibility index (Phi) is 4.15. The van der Waals surface area contributed by atoms with E-state index in [4.69, 9.17) is 4.74 Å². The molecule has 0 aliphatic carbocycles. The maximum absolute atomic E-state index is 12.5. The molecule has 5 heteroatoms. The molecule has 0 N–H and O–H groups in total. The van der Waals surface area contributed by atoms with Crippen molar-refractivity contribution in [2.45, 2.75) is 17.7 Å². The van der Waals surface area contributed by atoms with Crippen LogP contribution in [0.2, 0.25) is 0 Å². The van der Waals surface area contributed by atoms with Gasteiger partial charge in [0, 0.05) is 11.0 Å². The summed E-state index contributed by atoms with van der Waals surface area (Å²) in [4.78, 5) is 18.0. The number of nitrogens with zero attached hydrogens (tertiary/aromatic N) is 2. The van der Waals surface area contributed by atoms with Crippen molar-refractivity contribution in [2.75, 3.05) is 7.11 Å². The van der Waals surface area contributed by atoms with Gasteiger partial charge in [-0.05, 0) is 31.2 Å². The van der Waals surface area contributed by atoms with Gasteiger partial charge in [0.15, 0.2) is 0 Å². The van der Waals surface area contributed by atoms with Gasteiger partial charge < -0.3 is 4.74 Å². The van der Waals surface area contributed by atoms with Gasteiger partial charge in [0.25, 0.3) is 5.56 Å². The van der Waals surface area contributed by atoms with E-state index in [-0.39, 0.29) is 5.56 Å². The highest BCUT2D eigenvalue weighted by atomic mass is 32.2. The Hall–Kier alpha value is -2.27. The fraction of sp³-hybridized carbons (Fsp3) is 0.176. The molecule has 4 nitrogen and oxygen atoms in total. The van der Waals surface area contributed by atoms with Crippen molar-refractivity contribution in [3.63, 3.8) is 0 Å². The molecule has 0 unspecified atom stereocenters. The Morgan fingerprint density at radius 3 is 2.68 bits per heavy atom. The van der Waals surface area contributed by atoms with Crippen LogP contribution in [-0.2, 0) is 5.88 Å². The number of benzene rings is 2. The Morgan fingerprint density at radius 1 is 1.18 bits per heavy atom. The van der Waals surface area contributed by atoms with Gasteiger partial charge in [-0.25, -0.2) is 4.98 Å². The molecule has 0 aliphatic heterocycles. The normalized spacial score (nSPS) is 10.8. The van der Waals surface area contributed by atoms with Gasteiger partial charge in [0.05, 0.1) is 30.2 Å². The molecule has 0 spiro atoms. The minimum atomic E-state index is -0.0349. The summed E-state index contributed by atoms with van der Waals surface area (Å²) >= 11 is 1.61. The second-order valence-electron chi connectivity index (χ2n) is 4.99. The SMILES string of the molecule is COc1ccc2c(=O)n(CSc3ccc(C)cc3)cnc2c1. The first-order chi connectivity index (χ1) is 10.7. The molecular weight excluding hydrogens is 296 g/mol. The minimum absolute atomic E-state index is 0.0349. The number of hydrogen-bond donors (Lipinski definition) is 0. The number of methoxy groups -OCH3 is 1. The number of aryl methyl sites for hydroxylation is 1. The maximum Gasteiger partial charge on any atom is 0.261 e. The number of ether oxygens (including phenoxy) is 1. The van der Waals surface area contributed by atoms with Gasteiger partial charge in [-0.2, -0.15) is 0 Å². The van der Waals surface area contributed by atoms with Gasteiger partial charge in [-0.3, -0.25) is 9.36 Å². The van der Waals surface area contributed by atoms with Crippen molar-refractivity contribution < 1.29 is 4.74 Å². The summed E-state index contributed by atoms with van der Waals surface area (Å²) in [5, 5.41) is 0.604. The second kappa shape index (κ2) is 6.23. The second-order valence-corrected chi connectivity index (χ2v) is 6.01. The fourth-order valence-electron chi connectivity index (χ4n) is 2.14. The minimum Gasteiger partial charge on any atom is -0.497 e. The lowest BCUT2D eigenvalue weighted by Crippen LogP contribution is -2.19. The van der Waals surface area contributed by atoms with E-state index < -0.39 is 0 Å². The first-order valence-electron chi connectivity index (χ1n) is 6.90. The van der Waals surface area contributed by atoms with Gasteiger partial charge in [0.2, 0.25) is 0 Å². The average Bonchev–Trinajstić information content (AvgIpc) is 2.55. The third kappa shape index (κ3) is 2.99. The van der Waals surface area contributed by atoms with Crippen molar-refractivity contribution in [2.24, 2.45) is 0 Å². The van der Waals surface area contributed by atoms with E-state index in [1.807, 2.05) is 0 Å². The van der Waals surface area contributed by atoms with Crippen molar-refractivity contribution in [3.05, 3.63) is 64.7 Å². The van der Waals surface area contributed by atoms with Gasteiger partial charge in [-0.15, -0.1) is 11.8 Å². The summed E-state index contributed by atoms with van der Waals surface area (Å²) in [7, 11) is 1.60. The highest BCUT2D eigenvalue weighted by Gasteiger charge is 2.05. The molecule has 22 heavy (non-hydrogen) atoms. The van der Waals surface area contributed by atoms with Crippen LogP contribution in [0.15, 0.2) is 58.5 Å². The smallest absolute Gasteiger partial charge is 0.261 e. The lowest BCUT2D eigenvalue weighted by atomic mass is 10.2. The number of hydrogen-bond acceptors (Lipinski definition) is 4. The molecule has 3 aromatic rings. The molecule has 1 aromatic heterocycles. The molecule has 0 radical (unpaired) electrons. The largest absolute Gasteiger partial charge is 0.497 e. The molecule has 0 bridgehead atoms. The molecule has 1 heterocycles. The van der Waals surface area contributed by atoms with E-state index in [0.717, 1.165) is 4.90 Å². The monoisotopic (exact) mass is 312 g/mol. The van der Waals surface area contributed by atoms with Crippen molar-refractivity contribution >= 4 is 22.7 Å². The summed E-state index contributed by atoms with van der Waals surface area (Å²) in [6, 6.07) is 13.6. The molecule has 0 saturated heterocycles. The zero-order valence-electron chi connectivity index (χ0n) is 12.4. The van der Waals surface area contributed by atoms with E-state index in [2.05, 4.69) is 36.2 Å². The van der Waals surface area contributed by atoms with E-state index >= 15 is 0 Å². The Morgan fingerprint density at radius 2 is 1.95 bits per heavy atom. The summed E-state index contributed by atoms with van der Waals surface area (Å²) in [6.45, 7) is 2.06. The van der Waals surface area contributed by atoms with Crippen LogP contribution in [0.3, 0.4) is 0 Å². The standard InChI is InChI=1S/C17H16N2O2S/c1-12-3-6-14(7-4-12)22-11-19-10-18-16-9-13(21-2)5-8-15(16)17(19)20/h3-10H,11H2,1-2H3. The third-order valence-electron chi connectivity index (χ3n) is 3.42. The lowest BCUT2D eigenvalue weighted by Gasteiger charge is -2.07. The molecule has 0 amide bonds. The zero-order chi connectivity index (χ0) is 15.5. The number of rotatable bonds is 4. The molecule has 2 aromatic carbocycles. The summed E-state index contributed by atoms with van der Waals surface area (Å²) in [5.74, 6) is 1.24. The first-order valence-corrected chi connectivity index (χ1v) is 7.88. The van der Waals surface area contributed by atoms with Crippen molar-refractivity contribution in [1.29, 1.82) is 0 Å². The molecule has 0 aliphatic rings. The van der Waals surface area contributed by atoms with Crippen LogP contribution in [0.25, 0.3) is 10.9 Å². The fourth-order valence-corrected chi connectivity index (χ4v) is 2.94. The topological polar surface area (TPSA) is 44.1 Å². The van der Waals surface area contributed by atoms with Crippen LogP contribution >= 0.6 is 11.8 Å². The molecular formula is C17H16N2O2S. The van der Waals surface area contributed by atoms with Crippen LogP contribution in [0, 0.1) is 6.92 Å². The average molecular weight is 312 g/mol. The van der Waals surface area contributed by atoms with Crippen LogP contribution in [-0.4, -0.2) is 16.7 Å². The number of thioether (sulfide) groups is 1. The molecule has 0 atom stereocenters. The maximum atomic E-state index is 12.5. The Bertz CT molecular complexity index is 857. The van der Waals surface area contributed by atoms with Gasteiger partial charge in [0.1, 0.15) is 5.75 Å². The van der Waals surface area contributed by atoms with Crippen LogP contribution in [0.5, 0.6) is 5.75 Å². The van der Waals surface area contributed by atoms with E-state index in [0.29, 0.717) is 22.5 Å². The summed E-state index contributed by atoms with van der Waals surface area (Å²) in [6.07, 6.45) is 1.59. The van der Waals surface area contributed by atoms with Crippen molar-refractivity contribution in [3.8, 4) is 5.75 Å². The quantitative estimate of drug-likeness (QED) is 0.692. The third-order valence-corrected chi connectivity index (χ3v) is 4.44. The summed E-state index contributed by atoms with van der Waals surface area (Å²) < 4.78 is 6.78. The van der Waals surface area contributed by atoms with Crippen LogP contribution < -0.4 is 10.3 Å². The predicted molar refractivity (Wildman–Crippen MR) is 89.6 cm³/mol. The number of aromatic nitrogens is 2. The van der Waals surface area contributed by atoms with Gasteiger partial charge >= 0.3 is 0 Å². The van der Waals surface area contributed by atoms with E-state index in [1.165, 1.54) is 5.56 Å². The molecule has 0 fully saturated rings. The van der Waals surface area contributed by atoms with Crippen LogP contribution in [0.1, 0.15) is 5.56 Å². The highest BCUT2D eigenvalue weighted by Crippen LogP contribution is 2.20. The van der Waals surface area contributed by atoms with Gasteiger partial charge in [-0.1, -0.05) is 17.7 Å². The molecule has 112 valence electrons. The molecule has 0 saturated carbocycles. The number of fused-ring (bicyclic) bond motifs is 1. The zero-order valence-corrected chi connectivity index (χ0v) is 13.3. The van der Waals surface area contributed by atoms with E-state index in [9.17, 15) is 4.79 Å².